The summed E-state index contributed by atoms with van der Waals surface area (Å²) in [4.78, 5) is 11.5. The molecule has 0 aliphatic carbocycles. The molecule has 4 rings (SSSR count). The summed E-state index contributed by atoms with van der Waals surface area (Å²) in [5.74, 6) is -2.33. The Kier molecular flexibility index (Phi) is 3.86. The molecule has 1 fully saturated rings. The molecular formula is C19H18F2N4O. The van der Waals surface area contributed by atoms with E-state index >= 15 is 0 Å². The van der Waals surface area contributed by atoms with Crippen LogP contribution in [0.1, 0.15) is 29.6 Å². The summed E-state index contributed by atoms with van der Waals surface area (Å²) in [5, 5.41) is 7.76. The molecule has 2 aromatic carbocycles. The number of hydrogen-bond donors (Lipinski definition) is 2. The van der Waals surface area contributed by atoms with Crippen molar-refractivity contribution >= 4 is 16.8 Å². The van der Waals surface area contributed by atoms with Crippen molar-refractivity contribution < 1.29 is 14.9 Å². The van der Waals surface area contributed by atoms with Crippen molar-refractivity contribution in [1.29, 1.82) is 0 Å². The Morgan fingerprint density at radius 3 is 2.77 bits per heavy atom. The lowest BCUT2D eigenvalue weighted by Gasteiger charge is -2.26. The number of rotatable bonds is 3. The van der Waals surface area contributed by atoms with Crippen molar-refractivity contribution in [3.8, 4) is 5.69 Å². The number of benzene rings is 2. The number of piperidine rings is 1. The van der Waals surface area contributed by atoms with Gasteiger partial charge in [-0.1, -0.05) is 12.1 Å². The Balaban J connectivity index is 1.70. The monoisotopic (exact) mass is 357 g/mol. The zero-order valence-electron chi connectivity index (χ0n) is 14.9. The van der Waals surface area contributed by atoms with E-state index in [1.807, 2.05) is 0 Å². The molecule has 3 N–H and O–H groups in total. The number of carbonyl (C=O) groups excluding carboxylic acids is 1. The van der Waals surface area contributed by atoms with Crippen LogP contribution in [0.3, 0.4) is 0 Å². The van der Waals surface area contributed by atoms with Crippen LogP contribution >= 0.6 is 0 Å². The van der Waals surface area contributed by atoms with Crippen LogP contribution in [0.15, 0.2) is 42.6 Å². The first kappa shape index (κ1) is 15.5. The molecule has 0 spiro atoms. The van der Waals surface area contributed by atoms with Crippen molar-refractivity contribution in [1.82, 2.24) is 15.1 Å². The minimum atomic E-state index is -1.05. The number of primary amides is 1. The fraction of sp³-hybridized carbons (Fsp3) is 0.263. The second-order valence-corrected chi connectivity index (χ2v) is 6.41. The van der Waals surface area contributed by atoms with Gasteiger partial charge in [-0.15, -0.1) is 0 Å². The molecule has 0 bridgehead atoms. The molecule has 0 saturated carbocycles. The van der Waals surface area contributed by atoms with Crippen LogP contribution in [0, 0.1) is 5.82 Å². The second-order valence-electron chi connectivity index (χ2n) is 6.41. The molecule has 0 radical (unpaired) electrons. The molecule has 1 saturated heterocycles. The number of aromatic nitrogens is 2. The predicted molar refractivity (Wildman–Crippen MR) is 94.7 cm³/mol. The van der Waals surface area contributed by atoms with E-state index in [1.54, 1.807) is 30.5 Å². The van der Waals surface area contributed by atoms with Crippen molar-refractivity contribution in [2.45, 2.75) is 18.5 Å². The fourth-order valence-electron chi connectivity index (χ4n) is 3.28. The first-order valence-corrected chi connectivity index (χ1v) is 8.30. The van der Waals surface area contributed by atoms with Crippen LogP contribution < -0.4 is 11.1 Å². The molecule has 1 amide bonds. The van der Waals surface area contributed by atoms with Crippen LogP contribution in [0.5, 0.6) is 0 Å². The molecule has 1 aromatic heterocycles. The van der Waals surface area contributed by atoms with Gasteiger partial charge in [0.25, 0.3) is 5.91 Å². The van der Waals surface area contributed by atoms with Crippen LogP contribution in [-0.2, 0) is 0 Å². The van der Waals surface area contributed by atoms with Gasteiger partial charge < -0.3 is 11.1 Å². The normalized spacial score (nSPS) is 23.8. The molecule has 1 aliphatic heterocycles. The maximum absolute atomic E-state index is 13.7. The Bertz CT molecular complexity index is 1020. The lowest BCUT2D eigenvalue weighted by Crippen LogP contribution is -2.36. The highest BCUT2D eigenvalue weighted by Crippen LogP contribution is 2.26. The van der Waals surface area contributed by atoms with Gasteiger partial charge in [-0.3, -0.25) is 4.79 Å². The van der Waals surface area contributed by atoms with E-state index in [4.69, 9.17) is 7.10 Å². The number of nitrogens with two attached hydrogens (primary N) is 1. The summed E-state index contributed by atoms with van der Waals surface area (Å²) in [6.45, 7) is 0.664. The van der Waals surface area contributed by atoms with E-state index < -0.39 is 23.8 Å². The fourth-order valence-corrected chi connectivity index (χ4v) is 3.28. The number of carbonyl (C=O) groups is 1. The highest BCUT2D eigenvalue weighted by molar-refractivity contribution is 6.04. The molecule has 2 heterocycles. The van der Waals surface area contributed by atoms with E-state index in [2.05, 4.69) is 10.4 Å². The standard InChI is InChI=1S/C19H18F2N4O/c20-14-6-13-10-25(24-18(13)17(7-14)19(22)26)16-3-1-11(2-4-16)12-5-15(21)9-23-8-12/h1-4,6-7,10,12,15,23H,5,8-9H2,(H2,22,26)/t12-,15+/m0/s1/i12D. The van der Waals surface area contributed by atoms with Gasteiger partial charge in [-0.05, 0) is 42.1 Å². The number of amides is 1. The Morgan fingerprint density at radius 2 is 2.08 bits per heavy atom. The van der Waals surface area contributed by atoms with E-state index in [0.29, 0.717) is 28.7 Å². The first-order valence-electron chi connectivity index (χ1n) is 8.80. The number of nitrogens with zero attached hydrogens (tertiary/aromatic N) is 2. The minimum Gasteiger partial charge on any atom is -0.366 e. The van der Waals surface area contributed by atoms with Gasteiger partial charge >= 0.3 is 0 Å². The van der Waals surface area contributed by atoms with E-state index in [9.17, 15) is 13.6 Å². The quantitative estimate of drug-likeness (QED) is 0.757. The second kappa shape index (κ2) is 6.49. The number of nitrogens with one attached hydrogen (secondary N) is 1. The Hall–Kier alpha value is -2.80. The molecule has 0 unspecified atom stereocenters. The van der Waals surface area contributed by atoms with Crippen LogP contribution in [0.2, 0.25) is 0 Å². The minimum absolute atomic E-state index is 0.0211. The Labute approximate surface area is 150 Å². The molecule has 134 valence electrons. The topological polar surface area (TPSA) is 72.9 Å². The SMILES string of the molecule is [2H][C@@]1(c2ccc(-n3cc4cc(F)cc(C(N)=O)c4n3)cc2)CNC[C@H](F)C1. The number of fused-ring (bicyclic) bond motifs is 1. The zero-order valence-corrected chi connectivity index (χ0v) is 13.9. The van der Waals surface area contributed by atoms with Gasteiger partial charge in [0, 0.05) is 26.0 Å². The third kappa shape index (κ3) is 3.06. The summed E-state index contributed by atoms with van der Waals surface area (Å²) in [6.07, 6.45) is 0.706. The molecule has 3 aromatic rings. The van der Waals surface area contributed by atoms with Gasteiger partial charge in [-0.2, -0.15) is 5.10 Å². The van der Waals surface area contributed by atoms with Gasteiger partial charge in [0.1, 0.15) is 17.5 Å². The molecule has 2 atom stereocenters. The smallest absolute Gasteiger partial charge is 0.251 e. The largest absolute Gasteiger partial charge is 0.366 e. The maximum Gasteiger partial charge on any atom is 0.251 e. The van der Waals surface area contributed by atoms with Crippen molar-refractivity contribution in [2.24, 2.45) is 5.73 Å². The summed E-state index contributed by atoms with van der Waals surface area (Å²) >= 11 is 0. The lowest BCUT2D eigenvalue weighted by atomic mass is 9.91. The summed E-state index contributed by atoms with van der Waals surface area (Å²) in [5.41, 5.74) is 7.04. The Morgan fingerprint density at radius 1 is 1.31 bits per heavy atom. The van der Waals surface area contributed by atoms with Crippen LogP contribution in [0.4, 0.5) is 8.78 Å². The van der Waals surface area contributed by atoms with Crippen LogP contribution in [0.25, 0.3) is 16.6 Å². The van der Waals surface area contributed by atoms with Crippen molar-refractivity contribution in [3.05, 3.63) is 59.5 Å². The number of halogens is 2. The molecule has 1 aliphatic rings. The van der Waals surface area contributed by atoms with Crippen molar-refractivity contribution in [3.63, 3.8) is 0 Å². The lowest BCUT2D eigenvalue weighted by molar-refractivity contribution is 0.100. The number of alkyl halides is 1. The van der Waals surface area contributed by atoms with Gasteiger partial charge in [0.05, 0.1) is 11.3 Å². The maximum atomic E-state index is 13.7. The molecule has 7 heteroatoms. The summed E-state index contributed by atoms with van der Waals surface area (Å²) in [6, 6.07) is 9.42. The van der Waals surface area contributed by atoms with Crippen molar-refractivity contribution in [2.75, 3.05) is 13.1 Å². The average molecular weight is 357 g/mol. The van der Waals surface area contributed by atoms with E-state index in [0.717, 1.165) is 6.07 Å². The molecule has 26 heavy (non-hydrogen) atoms. The third-order valence-corrected chi connectivity index (χ3v) is 4.55. The highest BCUT2D eigenvalue weighted by Gasteiger charge is 2.22. The van der Waals surface area contributed by atoms with Gasteiger partial charge in [0.2, 0.25) is 0 Å². The zero-order chi connectivity index (χ0) is 19.2. The number of hydrogen-bond acceptors (Lipinski definition) is 3. The summed E-state index contributed by atoms with van der Waals surface area (Å²) < 4.78 is 37.5. The van der Waals surface area contributed by atoms with Crippen LogP contribution in [-0.4, -0.2) is 34.9 Å². The first-order chi connectivity index (χ1) is 12.9. The molecule has 5 nitrogen and oxygen atoms in total. The predicted octanol–water partition coefficient (Wildman–Crippen LogP) is 2.68. The van der Waals surface area contributed by atoms with E-state index in [-0.39, 0.29) is 18.5 Å². The summed E-state index contributed by atoms with van der Waals surface area (Å²) in [7, 11) is 0. The third-order valence-electron chi connectivity index (χ3n) is 4.55. The van der Waals surface area contributed by atoms with Gasteiger partial charge in [0.15, 0.2) is 0 Å². The van der Waals surface area contributed by atoms with E-state index in [1.165, 1.54) is 10.7 Å². The molecular weight excluding hydrogens is 338 g/mol. The average Bonchev–Trinajstić information content (AvgIpc) is 3.04. The highest BCUT2D eigenvalue weighted by atomic mass is 19.1. The van der Waals surface area contributed by atoms with Gasteiger partial charge in [-0.25, -0.2) is 13.5 Å².